The van der Waals surface area contributed by atoms with Crippen molar-refractivity contribution < 1.29 is 14.2 Å². The van der Waals surface area contributed by atoms with Crippen LogP contribution in [-0.4, -0.2) is 37.3 Å². The Morgan fingerprint density at radius 3 is 2.05 bits per heavy atom. The molecule has 0 saturated heterocycles. The molecular weight excluding hydrogens is 282 g/mol. The second kappa shape index (κ2) is 6.98. The van der Waals surface area contributed by atoms with Crippen LogP contribution >= 0.6 is 0 Å². The van der Waals surface area contributed by atoms with Gasteiger partial charge < -0.3 is 19.5 Å². The molecule has 1 aromatic heterocycles. The first-order valence-corrected chi connectivity index (χ1v) is 6.98. The molecule has 0 bridgehead atoms. The van der Waals surface area contributed by atoms with Crippen molar-refractivity contribution >= 4 is 5.82 Å². The van der Waals surface area contributed by atoms with Crippen molar-refractivity contribution in [3.05, 3.63) is 24.5 Å². The van der Waals surface area contributed by atoms with E-state index in [0.29, 0.717) is 23.3 Å². The van der Waals surface area contributed by atoms with E-state index < -0.39 is 0 Å². The molecule has 0 fully saturated rings. The van der Waals surface area contributed by atoms with Crippen molar-refractivity contribution in [3.63, 3.8) is 0 Å². The first-order chi connectivity index (χ1) is 10.6. The second-order valence-electron chi connectivity index (χ2n) is 5.00. The van der Waals surface area contributed by atoms with Gasteiger partial charge in [0.1, 0.15) is 12.1 Å². The smallest absolute Gasteiger partial charge is 0.203 e. The highest BCUT2D eigenvalue weighted by Gasteiger charge is 2.15. The summed E-state index contributed by atoms with van der Waals surface area (Å²) in [5.41, 5.74) is 1.64. The van der Waals surface area contributed by atoms with Gasteiger partial charge in [-0.05, 0) is 26.0 Å². The SMILES string of the molecule is COc1cc(-c2cc(NC(C)C)ncn2)cc(OC)c1OC. The summed E-state index contributed by atoms with van der Waals surface area (Å²) in [5, 5.41) is 3.26. The highest BCUT2D eigenvalue weighted by atomic mass is 16.5. The zero-order chi connectivity index (χ0) is 16.1. The molecule has 118 valence electrons. The van der Waals surface area contributed by atoms with E-state index in [0.717, 1.165) is 17.1 Å². The maximum Gasteiger partial charge on any atom is 0.203 e. The van der Waals surface area contributed by atoms with Crippen LogP contribution in [0.2, 0.25) is 0 Å². The molecule has 0 aliphatic rings. The average Bonchev–Trinajstić information content (AvgIpc) is 2.52. The molecule has 0 spiro atoms. The Balaban J connectivity index is 2.48. The number of benzene rings is 1. The number of nitrogens with zero attached hydrogens (tertiary/aromatic N) is 2. The van der Waals surface area contributed by atoms with E-state index in [4.69, 9.17) is 14.2 Å². The molecule has 0 atom stereocenters. The van der Waals surface area contributed by atoms with Crippen LogP contribution < -0.4 is 19.5 Å². The molecule has 6 nitrogen and oxygen atoms in total. The Labute approximate surface area is 130 Å². The molecule has 1 aromatic carbocycles. The van der Waals surface area contributed by atoms with Gasteiger partial charge in [0.05, 0.1) is 27.0 Å². The standard InChI is InChI=1S/C16H21N3O3/c1-10(2)19-15-8-12(17-9-18-15)11-6-13(20-3)16(22-5)14(7-11)21-4/h6-10H,1-5H3,(H,17,18,19). The van der Waals surface area contributed by atoms with E-state index in [-0.39, 0.29) is 0 Å². The van der Waals surface area contributed by atoms with Crippen LogP contribution in [0.5, 0.6) is 17.2 Å². The van der Waals surface area contributed by atoms with Gasteiger partial charge in [0, 0.05) is 17.7 Å². The number of anilines is 1. The van der Waals surface area contributed by atoms with Gasteiger partial charge >= 0.3 is 0 Å². The first kappa shape index (κ1) is 15.9. The lowest BCUT2D eigenvalue weighted by molar-refractivity contribution is 0.324. The number of hydrogen-bond acceptors (Lipinski definition) is 6. The maximum atomic E-state index is 5.37. The molecule has 0 saturated carbocycles. The number of rotatable bonds is 6. The molecule has 0 aliphatic heterocycles. The predicted octanol–water partition coefficient (Wildman–Crippen LogP) is 2.99. The van der Waals surface area contributed by atoms with Gasteiger partial charge in [0.15, 0.2) is 11.5 Å². The molecule has 2 aromatic rings. The first-order valence-electron chi connectivity index (χ1n) is 6.98. The van der Waals surface area contributed by atoms with Crippen LogP contribution in [-0.2, 0) is 0 Å². The fourth-order valence-electron chi connectivity index (χ4n) is 2.12. The molecule has 1 N–H and O–H groups in total. The van der Waals surface area contributed by atoms with Crippen molar-refractivity contribution in [1.29, 1.82) is 0 Å². The van der Waals surface area contributed by atoms with E-state index in [9.17, 15) is 0 Å². The molecule has 0 aliphatic carbocycles. The largest absolute Gasteiger partial charge is 0.493 e. The summed E-state index contributed by atoms with van der Waals surface area (Å²) in [6.45, 7) is 4.11. The minimum absolute atomic E-state index is 0.294. The Morgan fingerprint density at radius 1 is 0.909 bits per heavy atom. The van der Waals surface area contributed by atoms with E-state index in [1.165, 1.54) is 6.33 Å². The molecule has 1 heterocycles. The zero-order valence-corrected chi connectivity index (χ0v) is 13.5. The van der Waals surface area contributed by atoms with Crippen LogP contribution in [0.1, 0.15) is 13.8 Å². The predicted molar refractivity (Wildman–Crippen MR) is 85.9 cm³/mol. The van der Waals surface area contributed by atoms with Crippen LogP contribution in [0.4, 0.5) is 5.82 Å². The topological polar surface area (TPSA) is 65.5 Å². The van der Waals surface area contributed by atoms with Gasteiger partial charge in [-0.1, -0.05) is 0 Å². The molecular formula is C16H21N3O3. The minimum atomic E-state index is 0.294. The van der Waals surface area contributed by atoms with Crippen LogP contribution in [0.25, 0.3) is 11.3 Å². The quantitative estimate of drug-likeness (QED) is 0.885. The fourth-order valence-corrected chi connectivity index (χ4v) is 2.12. The Morgan fingerprint density at radius 2 is 1.55 bits per heavy atom. The Hall–Kier alpha value is -2.50. The summed E-state index contributed by atoms with van der Waals surface area (Å²) in [7, 11) is 4.76. The van der Waals surface area contributed by atoms with Gasteiger partial charge in [-0.15, -0.1) is 0 Å². The summed E-state index contributed by atoms with van der Waals surface area (Å²) >= 11 is 0. The summed E-state index contributed by atoms with van der Waals surface area (Å²) in [6.07, 6.45) is 1.53. The van der Waals surface area contributed by atoms with E-state index in [2.05, 4.69) is 29.1 Å². The number of nitrogens with one attached hydrogen (secondary N) is 1. The lowest BCUT2D eigenvalue weighted by Gasteiger charge is -2.14. The van der Waals surface area contributed by atoms with Gasteiger partial charge in [0.25, 0.3) is 0 Å². The van der Waals surface area contributed by atoms with Crippen molar-refractivity contribution in [2.24, 2.45) is 0 Å². The number of hydrogen-bond donors (Lipinski definition) is 1. The lowest BCUT2D eigenvalue weighted by Crippen LogP contribution is -2.11. The van der Waals surface area contributed by atoms with Crippen molar-refractivity contribution in [2.75, 3.05) is 26.6 Å². The molecule has 0 radical (unpaired) electrons. The highest BCUT2D eigenvalue weighted by Crippen LogP contribution is 2.40. The minimum Gasteiger partial charge on any atom is -0.493 e. The van der Waals surface area contributed by atoms with Crippen molar-refractivity contribution in [3.8, 4) is 28.5 Å². The maximum absolute atomic E-state index is 5.37. The molecule has 0 unspecified atom stereocenters. The van der Waals surface area contributed by atoms with Gasteiger partial charge in [-0.2, -0.15) is 0 Å². The molecule has 22 heavy (non-hydrogen) atoms. The normalized spacial score (nSPS) is 10.5. The van der Waals surface area contributed by atoms with Crippen molar-refractivity contribution in [1.82, 2.24) is 9.97 Å². The number of aromatic nitrogens is 2. The number of ether oxygens (including phenoxy) is 3. The number of methoxy groups -OCH3 is 3. The summed E-state index contributed by atoms with van der Waals surface area (Å²) in [5.74, 6) is 2.51. The third kappa shape index (κ3) is 3.39. The molecule has 0 amide bonds. The van der Waals surface area contributed by atoms with E-state index >= 15 is 0 Å². The van der Waals surface area contributed by atoms with E-state index in [1.807, 2.05) is 18.2 Å². The van der Waals surface area contributed by atoms with Gasteiger partial charge in [0.2, 0.25) is 5.75 Å². The third-order valence-corrected chi connectivity index (χ3v) is 3.06. The fraction of sp³-hybridized carbons (Fsp3) is 0.375. The van der Waals surface area contributed by atoms with Crippen LogP contribution in [0.3, 0.4) is 0 Å². The Kier molecular flexibility index (Phi) is 5.04. The highest BCUT2D eigenvalue weighted by molar-refractivity contribution is 5.70. The molecule has 2 rings (SSSR count). The van der Waals surface area contributed by atoms with Gasteiger partial charge in [-0.25, -0.2) is 9.97 Å². The zero-order valence-electron chi connectivity index (χ0n) is 13.5. The second-order valence-corrected chi connectivity index (χ2v) is 5.00. The van der Waals surface area contributed by atoms with Crippen molar-refractivity contribution in [2.45, 2.75) is 19.9 Å². The monoisotopic (exact) mass is 303 g/mol. The Bertz CT molecular complexity index is 619. The van der Waals surface area contributed by atoms with Gasteiger partial charge in [-0.3, -0.25) is 0 Å². The summed E-state index contributed by atoms with van der Waals surface area (Å²) < 4.78 is 16.1. The van der Waals surface area contributed by atoms with E-state index in [1.54, 1.807) is 21.3 Å². The summed E-state index contributed by atoms with van der Waals surface area (Å²) in [4.78, 5) is 8.53. The lowest BCUT2D eigenvalue weighted by atomic mass is 10.1. The van der Waals surface area contributed by atoms with Crippen LogP contribution in [0.15, 0.2) is 24.5 Å². The molecule has 6 heteroatoms. The van der Waals surface area contributed by atoms with Crippen LogP contribution in [0, 0.1) is 0 Å². The summed E-state index contributed by atoms with van der Waals surface area (Å²) in [6, 6.07) is 5.91. The average molecular weight is 303 g/mol. The third-order valence-electron chi connectivity index (χ3n) is 3.06.